The summed E-state index contributed by atoms with van der Waals surface area (Å²) < 4.78 is 3.07. The van der Waals surface area contributed by atoms with Gasteiger partial charge in [0.25, 0.3) is 11.1 Å². The minimum atomic E-state index is -0.0962. The van der Waals surface area contributed by atoms with Gasteiger partial charge in [0.2, 0.25) is 0 Å². The summed E-state index contributed by atoms with van der Waals surface area (Å²) in [4.78, 5) is 34.8. The predicted octanol–water partition coefficient (Wildman–Crippen LogP) is 1.31. The zero-order chi connectivity index (χ0) is 20.2. The van der Waals surface area contributed by atoms with Crippen LogP contribution in [0.25, 0.3) is 11.3 Å². The SMILES string of the molecule is Cn1nc(CN2CCC(Cn3cnc(-c4cccnc4)cc3=O)CC2)ccc1=O. The molecule has 1 aliphatic rings. The van der Waals surface area contributed by atoms with Crippen LogP contribution >= 0.6 is 0 Å². The summed E-state index contributed by atoms with van der Waals surface area (Å²) in [5.74, 6) is 0.447. The van der Waals surface area contributed by atoms with Crippen LogP contribution in [-0.4, -0.2) is 42.3 Å². The largest absolute Gasteiger partial charge is 0.299 e. The Balaban J connectivity index is 1.34. The Morgan fingerprint density at radius 3 is 2.62 bits per heavy atom. The molecule has 0 aliphatic carbocycles. The van der Waals surface area contributed by atoms with Crippen molar-refractivity contribution in [3.05, 3.63) is 75.5 Å². The summed E-state index contributed by atoms with van der Waals surface area (Å²) in [7, 11) is 1.67. The van der Waals surface area contributed by atoms with E-state index in [0.29, 0.717) is 18.2 Å². The average Bonchev–Trinajstić information content (AvgIpc) is 2.74. The topological polar surface area (TPSA) is 85.9 Å². The number of hydrogen-bond acceptors (Lipinski definition) is 6. The highest BCUT2D eigenvalue weighted by Crippen LogP contribution is 2.20. The smallest absolute Gasteiger partial charge is 0.266 e. The lowest BCUT2D eigenvalue weighted by Crippen LogP contribution is -2.36. The van der Waals surface area contributed by atoms with E-state index in [2.05, 4.69) is 20.0 Å². The lowest BCUT2D eigenvalue weighted by Gasteiger charge is -2.31. The van der Waals surface area contributed by atoms with Crippen molar-refractivity contribution in [1.29, 1.82) is 0 Å². The van der Waals surface area contributed by atoms with E-state index in [9.17, 15) is 9.59 Å². The maximum absolute atomic E-state index is 12.5. The fraction of sp³-hybridized carbons (Fsp3) is 0.381. The fourth-order valence-corrected chi connectivity index (χ4v) is 3.70. The van der Waals surface area contributed by atoms with Gasteiger partial charge < -0.3 is 0 Å². The Kier molecular flexibility index (Phi) is 5.62. The Labute approximate surface area is 168 Å². The summed E-state index contributed by atoms with van der Waals surface area (Å²) in [5, 5.41) is 4.30. The van der Waals surface area contributed by atoms with Gasteiger partial charge in [0.05, 0.1) is 17.7 Å². The van der Waals surface area contributed by atoms with E-state index >= 15 is 0 Å². The van der Waals surface area contributed by atoms with Gasteiger partial charge in [-0.15, -0.1) is 0 Å². The molecular weight excluding hydrogens is 368 g/mol. The van der Waals surface area contributed by atoms with Crippen molar-refractivity contribution < 1.29 is 0 Å². The van der Waals surface area contributed by atoms with Crippen LogP contribution in [0.15, 0.2) is 58.6 Å². The molecule has 1 aliphatic heterocycles. The molecule has 8 nitrogen and oxygen atoms in total. The molecule has 3 aromatic rings. The number of aryl methyl sites for hydroxylation is 1. The van der Waals surface area contributed by atoms with E-state index in [-0.39, 0.29) is 11.1 Å². The van der Waals surface area contributed by atoms with Gasteiger partial charge in [-0.3, -0.25) is 24.0 Å². The minimum Gasteiger partial charge on any atom is -0.299 e. The lowest BCUT2D eigenvalue weighted by atomic mass is 9.96. The lowest BCUT2D eigenvalue weighted by molar-refractivity contribution is 0.164. The number of rotatable bonds is 5. The highest BCUT2D eigenvalue weighted by Gasteiger charge is 2.20. The van der Waals surface area contributed by atoms with Gasteiger partial charge in [0.15, 0.2) is 0 Å². The number of piperidine rings is 1. The zero-order valence-corrected chi connectivity index (χ0v) is 16.4. The maximum atomic E-state index is 12.5. The average molecular weight is 392 g/mol. The van der Waals surface area contributed by atoms with Crippen LogP contribution in [0.3, 0.4) is 0 Å². The summed E-state index contributed by atoms with van der Waals surface area (Å²) in [6, 6.07) is 8.67. The second-order valence-corrected chi connectivity index (χ2v) is 7.51. The third kappa shape index (κ3) is 4.65. The first-order valence-corrected chi connectivity index (χ1v) is 9.81. The normalized spacial score (nSPS) is 15.5. The van der Waals surface area contributed by atoms with Crippen LogP contribution in [-0.2, 0) is 20.1 Å². The second-order valence-electron chi connectivity index (χ2n) is 7.51. The standard InChI is InChI=1S/C21H24N6O2/c1-25-20(28)5-4-18(24-25)14-26-9-6-16(7-10-26)13-27-15-23-19(11-21(27)29)17-3-2-8-22-12-17/h2-5,8,11-12,15-16H,6-7,9-10,13-14H2,1H3. The van der Waals surface area contributed by atoms with Crippen LogP contribution in [0.4, 0.5) is 0 Å². The van der Waals surface area contributed by atoms with Crippen LogP contribution in [0, 0.1) is 5.92 Å². The molecule has 0 amide bonds. The van der Waals surface area contributed by atoms with Gasteiger partial charge in [0, 0.05) is 50.2 Å². The van der Waals surface area contributed by atoms with Crippen molar-refractivity contribution in [3.8, 4) is 11.3 Å². The first-order chi connectivity index (χ1) is 14.1. The molecule has 150 valence electrons. The molecule has 1 saturated heterocycles. The van der Waals surface area contributed by atoms with Gasteiger partial charge in [-0.2, -0.15) is 5.10 Å². The Morgan fingerprint density at radius 2 is 1.93 bits per heavy atom. The molecule has 0 atom stereocenters. The quantitative estimate of drug-likeness (QED) is 0.651. The van der Waals surface area contributed by atoms with Crippen molar-refractivity contribution in [3.63, 3.8) is 0 Å². The van der Waals surface area contributed by atoms with Crippen LogP contribution in [0.2, 0.25) is 0 Å². The van der Waals surface area contributed by atoms with E-state index in [1.807, 2.05) is 12.1 Å². The number of nitrogens with zero attached hydrogens (tertiary/aromatic N) is 6. The molecule has 0 N–H and O–H groups in total. The third-order valence-corrected chi connectivity index (χ3v) is 5.40. The van der Waals surface area contributed by atoms with Gasteiger partial charge in [-0.05, 0) is 50.0 Å². The minimum absolute atomic E-state index is 0.0318. The Morgan fingerprint density at radius 1 is 1.10 bits per heavy atom. The van der Waals surface area contributed by atoms with E-state index in [4.69, 9.17) is 0 Å². The Bertz CT molecular complexity index is 1080. The van der Waals surface area contributed by atoms with E-state index in [0.717, 1.165) is 43.7 Å². The molecule has 0 unspecified atom stereocenters. The first-order valence-electron chi connectivity index (χ1n) is 9.81. The summed E-state index contributed by atoms with van der Waals surface area (Å²) in [6.07, 6.45) is 7.09. The highest BCUT2D eigenvalue weighted by molar-refractivity contribution is 5.56. The number of hydrogen-bond donors (Lipinski definition) is 0. The van der Waals surface area contributed by atoms with Crippen molar-refractivity contribution in [2.45, 2.75) is 25.9 Å². The molecule has 0 saturated carbocycles. The number of likely N-dealkylation sites (tertiary alicyclic amines) is 1. The molecule has 1 fully saturated rings. The molecule has 4 heterocycles. The van der Waals surface area contributed by atoms with Crippen molar-refractivity contribution in [1.82, 2.24) is 29.2 Å². The third-order valence-electron chi connectivity index (χ3n) is 5.40. The predicted molar refractivity (Wildman–Crippen MR) is 109 cm³/mol. The van der Waals surface area contributed by atoms with Crippen molar-refractivity contribution in [2.75, 3.05) is 13.1 Å². The summed E-state index contributed by atoms with van der Waals surface area (Å²) >= 11 is 0. The molecule has 4 rings (SSSR count). The number of aromatic nitrogens is 5. The zero-order valence-electron chi connectivity index (χ0n) is 16.4. The van der Waals surface area contributed by atoms with E-state index in [1.54, 1.807) is 48.5 Å². The van der Waals surface area contributed by atoms with E-state index < -0.39 is 0 Å². The molecule has 0 aromatic carbocycles. The molecular formula is C21H24N6O2. The molecule has 29 heavy (non-hydrogen) atoms. The van der Waals surface area contributed by atoms with Gasteiger partial charge in [-0.25, -0.2) is 9.67 Å². The molecule has 8 heteroatoms. The molecule has 0 spiro atoms. The van der Waals surface area contributed by atoms with Gasteiger partial charge in [-0.1, -0.05) is 0 Å². The molecule has 3 aromatic heterocycles. The monoisotopic (exact) mass is 392 g/mol. The summed E-state index contributed by atoms with van der Waals surface area (Å²) in [5.41, 5.74) is 2.27. The van der Waals surface area contributed by atoms with Crippen LogP contribution in [0.5, 0.6) is 0 Å². The number of pyridine rings is 1. The van der Waals surface area contributed by atoms with Gasteiger partial charge >= 0.3 is 0 Å². The Hall–Kier alpha value is -3.13. The first kappa shape index (κ1) is 19.2. The van der Waals surface area contributed by atoms with Crippen molar-refractivity contribution >= 4 is 0 Å². The van der Waals surface area contributed by atoms with Crippen LogP contribution < -0.4 is 11.1 Å². The maximum Gasteiger partial charge on any atom is 0.266 e. The highest BCUT2D eigenvalue weighted by atomic mass is 16.1. The molecule has 0 bridgehead atoms. The molecule has 0 radical (unpaired) electrons. The summed E-state index contributed by atoms with van der Waals surface area (Å²) in [6.45, 7) is 3.32. The van der Waals surface area contributed by atoms with E-state index in [1.165, 1.54) is 4.68 Å². The van der Waals surface area contributed by atoms with Gasteiger partial charge in [0.1, 0.15) is 0 Å². The van der Waals surface area contributed by atoms with Crippen LogP contribution in [0.1, 0.15) is 18.5 Å². The van der Waals surface area contributed by atoms with Crippen molar-refractivity contribution in [2.24, 2.45) is 13.0 Å². The fourth-order valence-electron chi connectivity index (χ4n) is 3.70. The second kappa shape index (κ2) is 8.48.